The van der Waals surface area contributed by atoms with E-state index < -0.39 is 0 Å². The molecule has 0 aliphatic rings. The van der Waals surface area contributed by atoms with Crippen molar-refractivity contribution in [2.24, 2.45) is 0 Å². The summed E-state index contributed by atoms with van der Waals surface area (Å²) >= 11 is 0. The van der Waals surface area contributed by atoms with E-state index in [1.807, 2.05) is 26.8 Å². The lowest BCUT2D eigenvalue weighted by atomic mass is 10.1. The van der Waals surface area contributed by atoms with Crippen LogP contribution in [-0.2, 0) is 5.54 Å². The van der Waals surface area contributed by atoms with Gasteiger partial charge < -0.3 is 0 Å². The third-order valence-electron chi connectivity index (χ3n) is 2.29. The molecule has 2 aromatic heterocycles. The number of nitrogens with zero attached hydrogens (tertiary/aromatic N) is 5. The largest absolute Gasteiger partial charge is 0.290 e. The summed E-state index contributed by atoms with van der Waals surface area (Å²) in [6.45, 7) is 5.69. The molecule has 6 nitrogen and oxygen atoms in total. The number of hydrogen-bond donors (Lipinski definition) is 0. The Labute approximate surface area is 91.7 Å². The van der Waals surface area contributed by atoms with E-state index in [0.29, 0.717) is 0 Å². The molecule has 0 N–H and O–H groups in total. The fourth-order valence-electron chi connectivity index (χ4n) is 1.45. The molecule has 16 heavy (non-hydrogen) atoms. The van der Waals surface area contributed by atoms with Crippen LogP contribution in [0.2, 0.25) is 0 Å². The molecule has 2 heterocycles. The van der Waals surface area contributed by atoms with Crippen LogP contribution in [0, 0.1) is 11.3 Å². The summed E-state index contributed by atoms with van der Waals surface area (Å²) in [6.07, 6.45) is 2.78. The van der Waals surface area contributed by atoms with Gasteiger partial charge in [-0.3, -0.25) is 9.36 Å². The minimum Gasteiger partial charge on any atom is -0.290 e. The molecule has 0 aromatic carbocycles. The van der Waals surface area contributed by atoms with E-state index in [1.165, 1.54) is 21.7 Å². The Morgan fingerprint density at radius 2 is 2.06 bits per heavy atom. The van der Waals surface area contributed by atoms with Crippen LogP contribution in [0.4, 0.5) is 0 Å². The fraction of sp³-hybridized carbons (Fsp3) is 0.400. The molecule has 0 saturated carbocycles. The fourth-order valence-corrected chi connectivity index (χ4v) is 1.45. The Kier molecular flexibility index (Phi) is 2.05. The molecular formula is C10H11N5O. The Morgan fingerprint density at radius 1 is 1.38 bits per heavy atom. The average molecular weight is 217 g/mol. The quantitative estimate of drug-likeness (QED) is 0.644. The maximum absolute atomic E-state index is 12.1. The number of fused-ring (bicyclic) bond motifs is 1. The van der Waals surface area contributed by atoms with Gasteiger partial charge >= 0.3 is 0 Å². The van der Waals surface area contributed by atoms with Gasteiger partial charge in [0, 0.05) is 5.54 Å². The number of aromatic nitrogens is 4. The van der Waals surface area contributed by atoms with Crippen LogP contribution in [0.25, 0.3) is 5.52 Å². The molecule has 82 valence electrons. The molecular weight excluding hydrogens is 206 g/mol. The number of hydrogen-bond acceptors (Lipinski definition) is 4. The maximum atomic E-state index is 12.1. The highest BCUT2D eigenvalue weighted by atomic mass is 16.1. The van der Waals surface area contributed by atoms with Gasteiger partial charge in [-0.25, -0.2) is 0 Å². The van der Waals surface area contributed by atoms with E-state index >= 15 is 0 Å². The van der Waals surface area contributed by atoms with Crippen LogP contribution in [0.1, 0.15) is 26.3 Å². The van der Waals surface area contributed by atoms with E-state index in [9.17, 15) is 4.79 Å². The summed E-state index contributed by atoms with van der Waals surface area (Å²) < 4.78 is 2.67. The van der Waals surface area contributed by atoms with Gasteiger partial charge in [0.25, 0.3) is 5.56 Å². The Morgan fingerprint density at radius 3 is 2.62 bits per heavy atom. The minimum atomic E-state index is -0.372. The third kappa shape index (κ3) is 1.37. The van der Waals surface area contributed by atoms with Crippen LogP contribution in [0.5, 0.6) is 0 Å². The van der Waals surface area contributed by atoms with E-state index in [1.54, 1.807) is 0 Å². The van der Waals surface area contributed by atoms with Crippen LogP contribution >= 0.6 is 0 Å². The van der Waals surface area contributed by atoms with Crippen molar-refractivity contribution < 1.29 is 0 Å². The summed E-state index contributed by atoms with van der Waals surface area (Å²) in [6, 6.07) is 1.93. The highest BCUT2D eigenvalue weighted by molar-refractivity contribution is 5.57. The molecule has 0 fully saturated rings. The van der Waals surface area contributed by atoms with E-state index in [2.05, 4.69) is 10.2 Å². The van der Waals surface area contributed by atoms with Gasteiger partial charge in [-0.15, -0.1) is 9.73 Å². The number of rotatable bonds is 0. The first-order valence-corrected chi connectivity index (χ1v) is 4.81. The van der Waals surface area contributed by atoms with Crippen molar-refractivity contribution in [3.63, 3.8) is 0 Å². The molecule has 0 atom stereocenters. The van der Waals surface area contributed by atoms with E-state index in [-0.39, 0.29) is 22.2 Å². The second-order valence-electron chi connectivity index (χ2n) is 4.49. The summed E-state index contributed by atoms with van der Waals surface area (Å²) in [5.41, 5.74) is -0.157. The van der Waals surface area contributed by atoms with Crippen LogP contribution in [-0.4, -0.2) is 19.4 Å². The lowest BCUT2D eigenvalue weighted by Crippen LogP contribution is -2.35. The van der Waals surface area contributed by atoms with Crippen molar-refractivity contribution in [1.29, 1.82) is 5.26 Å². The molecule has 0 amide bonds. The standard InChI is InChI=1S/C10H11N5O/c1-10(2,3)14-6-13-15-8(9(14)16)7(4-11)5-12-15/h5-6H,1-3H3. The summed E-state index contributed by atoms with van der Waals surface area (Å²) in [5, 5.41) is 16.7. The topological polar surface area (TPSA) is 76.0 Å². The molecule has 0 aliphatic heterocycles. The summed E-state index contributed by atoms with van der Waals surface area (Å²) in [5.74, 6) is 0. The zero-order valence-corrected chi connectivity index (χ0v) is 9.30. The highest BCUT2D eigenvalue weighted by Gasteiger charge is 2.18. The Hall–Kier alpha value is -2.16. The molecule has 0 aliphatic carbocycles. The highest BCUT2D eigenvalue weighted by Crippen LogP contribution is 2.11. The summed E-state index contributed by atoms with van der Waals surface area (Å²) in [7, 11) is 0. The van der Waals surface area contributed by atoms with Crippen LogP contribution in [0.15, 0.2) is 17.3 Å². The molecule has 0 saturated heterocycles. The van der Waals surface area contributed by atoms with Gasteiger partial charge in [0.15, 0.2) is 5.52 Å². The van der Waals surface area contributed by atoms with Gasteiger partial charge in [-0.2, -0.15) is 10.4 Å². The van der Waals surface area contributed by atoms with Gasteiger partial charge in [0.05, 0.1) is 6.20 Å². The predicted octanol–water partition coefficient (Wildman–Crippen LogP) is 0.518. The smallest absolute Gasteiger partial charge is 0.281 e. The van der Waals surface area contributed by atoms with Crippen molar-refractivity contribution in [3.05, 3.63) is 28.4 Å². The lowest BCUT2D eigenvalue weighted by Gasteiger charge is -2.21. The first-order valence-electron chi connectivity index (χ1n) is 4.81. The second kappa shape index (κ2) is 3.17. The van der Waals surface area contributed by atoms with Crippen LogP contribution < -0.4 is 5.56 Å². The van der Waals surface area contributed by atoms with E-state index in [4.69, 9.17) is 5.26 Å². The third-order valence-corrected chi connectivity index (χ3v) is 2.29. The maximum Gasteiger partial charge on any atom is 0.281 e. The molecule has 0 unspecified atom stereocenters. The minimum absolute atomic E-state index is 0.222. The molecule has 2 rings (SSSR count). The molecule has 0 bridgehead atoms. The van der Waals surface area contributed by atoms with E-state index in [0.717, 1.165) is 0 Å². The molecule has 0 radical (unpaired) electrons. The van der Waals surface area contributed by atoms with Crippen molar-refractivity contribution in [2.75, 3.05) is 0 Å². The first kappa shape index (κ1) is 10.4. The van der Waals surface area contributed by atoms with Gasteiger partial charge in [-0.05, 0) is 20.8 Å². The van der Waals surface area contributed by atoms with Gasteiger partial charge in [0.2, 0.25) is 0 Å². The Balaban J connectivity index is 2.89. The van der Waals surface area contributed by atoms with Crippen molar-refractivity contribution in [3.8, 4) is 6.07 Å². The Bertz CT molecular complexity index is 638. The predicted molar refractivity (Wildman–Crippen MR) is 57.0 cm³/mol. The number of nitriles is 1. The molecule has 0 spiro atoms. The van der Waals surface area contributed by atoms with Gasteiger partial charge in [0.1, 0.15) is 18.0 Å². The zero-order valence-electron chi connectivity index (χ0n) is 9.30. The summed E-state index contributed by atoms with van der Waals surface area (Å²) in [4.78, 5) is 12.1. The average Bonchev–Trinajstić information content (AvgIpc) is 2.60. The first-order chi connectivity index (χ1) is 7.45. The molecule has 2 aromatic rings. The van der Waals surface area contributed by atoms with Crippen molar-refractivity contribution in [2.45, 2.75) is 26.3 Å². The second-order valence-corrected chi connectivity index (χ2v) is 4.49. The van der Waals surface area contributed by atoms with Gasteiger partial charge in [-0.1, -0.05) is 0 Å². The zero-order chi connectivity index (χ0) is 11.9. The van der Waals surface area contributed by atoms with Crippen molar-refractivity contribution >= 4 is 5.52 Å². The SMILES string of the molecule is CC(C)(C)n1cnn2ncc(C#N)c2c1=O. The molecule has 6 heteroatoms. The van der Waals surface area contributed by atoms with Crippen LogP contribution in [0.3, 0.4) is 0 Å². The monoisotopic (exact) mass is 217 g/mol. The van der Waals surface area contributed by atoms with Crippen molar-refractivity contribution in [1.82, 2.24) is 19.4 Å². The lowest BCUT2D eigenvalue weighted by molar-refractivity contribution is 0.375. The normalized spacial score (nSPS) is 11.6.